The van der Waals surface area contributed by atoms with Gasteiger partial charge in [-0.25, -0.2) is 0 Å². The van der Waals surface area contributed by atoms with Crippen molar-refractivity contribution in [3.8, 4) is 0 Å². The maximum atomic E-state index is 12.5. The second-order valence-corrected chi connectivity index (χ2v) is 7.30. The molecule has 4 rings (SSSR count). The summed E-state index contributed by atoms with van der Waals surface area (Å²) < 4.78 is 7.84. The number of carbonyl (C=O) groups is 1. The van der Waals surface area contributed by atoms with Gasteiger partial charge in [-0.3, -0.25) is 9.69 Å². The first-order valence-electron chi connectivity index (χ1n) is 9.24. The highest BCUT2D eigenvalue weighted by Gasteiger charge is 2.29. The number of rotatable bonds is 3. The van der Waals surface area contributed by atoms with Gasteiger partial charge >= 0.3 is 0 Å². The van der Waals surface area contributed by atoms with Crippen LogP contribution in [0.5, 0.6) is 0 Å². The number of nitrogens with zero attached hydrogens (tertiary/aromatic N) is 5. The van der Waals surface area contributed by atoms with Gasteiger partial charge < -0.3 is 14.2 Å². The van der Waals surface area contributed by atoms with Crippen molar-refractivity contribution in [1.29, 1.82) is 0 Å². The van der Waals surface area contributed by atoms with Crippen molar-refractivity contribution in [2.75, 3.05) is 39.3 Å². The van der Waals surface area contributed by atoms with E-state index in [1.54, 1.807) is 0 Å². The second-order valence-electron chi connectivity index (χ2n) is 7.30. The van der Waals surface area contributed by atoms with E-state index in [0.29, 0.717) is 19.1 Å². The Balaban J connectivity index is 1.29. The number of amides is 1. The van der Waals surface area contributed by atoms with Gasteiger partial charge in [0, 0.05) is 32.0 Å². The van der Waals surface area contributed by atoms with Crippen LogP contribution in [0, 0.1) is 0 Å². The van der Waals surface area contributed by atoms with Gasteiger partial charge in [0.1, 0.15) is 11.6 Å². The first-order chi connectivity index (χ1) is 11.7. The summed E-state index contributed by atoms with van der Waals surface area (Å²) in [6.07, 6.45) is 4.57. The molecule has 0 aromatic carbocycles. The highest BCUT2D eigenvalue weighted by Crippen LogP contribution is 2.29. The average molecular weight is 333 g/mol. The smallest absolute Gasteiger partial charge is 0.236 e. The normalized spacial score (nSPS) is 25.9. The van der Waals surface area contributed by atoms with E-state index in [1.165, 1.54) is 12.2 Å². The van der Waals surface area contributed by atoms with Crippen molar-refractivity contribution in [2.45, 2.75) is 51.2 Å². The van der Waals surface area contributed by atoms with E-state index in [1.807, 2.05) is 11.8 Å². The zero-order chi connectivity index (χ0) is 16.5. The molecule has 0 bridgehead atoms. The molecule has 0 spiro atoms. The van der Waals surface area contributed by atoms with Crippen molar-refractivity contribution in [1.82, 2.24) is 24.6 Å². The quantitative estimate of drug-likeness (QED) is 0.813. The van der Waals surface area contributed by atoms with E-state index >= 15 is 0 Å². The SMILES string of the molecule is C[C@@H]1CN(C(=O)CN2CCC(c3nnc4n3CCC4)CC2)CCO1. The molecule has 3 aliphatic rings. The summed E-state index contributed by atoms with van der Waals surface area (Å²) in [5.41, 5.74) is 0. The average Bonchev–Trinajstić information content (AvgIpc) is 3.19. The second kappa shape index (κ2) is 6.80. The summed E-state index contributed by atoms with van der Waals surface area (Å²) in [5.74, 6) is 3.07. The molecule has 2 fully saturated rings. The van der Waals surface area contributed by atoms with Gasteiger partial charge in [-0.05, 0) is 39.3 Å². The minimum absolute atomic E-state index is 0.156. The number of aryl methyl sites for hydroxylation is 1. The molecule has 3 aliphatic heterocycles. The molecule has 1 atom stereocenters. The maximum Gasteiger partial charge on any atom is 0.236 e. The van der Waals surface area contributed by atoms with Crippen LogP contribution in [0.4, 0.5) is 0 Å². The number of piperidine rings is 1. The molecule has 7 heteroatoms. The van der Waals surface area contributed by atoms with E-state index in [0.717, 1.165) is 57.8 Å². The van der Waals surface area contributed by atoms with Crippen LogP contribution in [-0.2, 0) is 22.5 Å². The zero-order valence-electron chi connectivity index (χ0n) is 14.5. The first-order valence-corrected chi connectivity index (χ1v) is 9.24. The van der Waals surface area contributed by atoms with Gasteiger partial charge in [-0.2, -0.15) is 0 Å². The lowest BCUT2D eigenvalue weighted by Gasteiger charge is -2.35. The number of ether oxygens (including phenoxy) is 1. The molecule has 0 aliphatic carbocycles. The Morgan fingerprint density at radius 3 is 2.83 bits per heavy atom. The lowest BCUT2D eigenvalue weighted by atomic mass is 9.96. The van der Waals surface area contributed by atoms with Crippen LogP contribution in [0.2, 0.25) is 0 Å². The lowest BCUT2D eigenvalue weighted by molar-refractivity contribution is -0.139. The number of hydrogen-bond donors (Lipinski definition) is 0. The standard InChI is InChI=1S/C17H27N5O2/c1-13-11-21(9-10-24-13)16(23)12-20-7-4-14(5-8-20)17-19-18-15-3-2-6-22(15)17/h13-14H,2-12H2,1H3/t13-/m1/s1. The minimum atomic E-state index is 0.156. The van der Waals surface area contributed by atoms with E-state index in [2.05, 4.69) is 19.7 Å². The lowest BCUT2D eigenvalue weighted by Crippen LogP contribution is -2.49. The Hall–Kier alpha value is -1.47. The first kappa shape index (κ1) is 16.0. The van der Waals surface area contributed by atoms with Gasteiger partial charge in [-0.15, -0.1) is 10.2 Å². The monoisotopic (exact) mass is 333 g/mol. The molecule has 132 valence electrons. The minimum Gasteiger partial charge on any atom is -0.375 e. The predicted octanol–water partition coefficient (Wildman–Crippen LogP) is 0.651. The summed E-state index contributed by atoms with van der Waals surface area (Å²) in [5, 5.41) is 8.77. The Kier molecular flexibility index (Phi) is 4.54. The molecule has 1 aromatic heterocycles. The fourth-order valence-corrected chi connectivity index (χ4v) is 4.16. The molecule has 0 saturated carbocycles. The number of aromatic nitrogens is 3. The largest absolute Gasteiger partial charge is 0.375 e. The molecule has 4 heterocycles. The summed E-state index contributed by atoms with van der Waals surface area (Å²) >= 11 is 0. The molecule has 0 unspecified atom stereocenters. The highest BCUT2D eigenvalue weighted by molar-refractivity contribution is 5.78. The van der Waals surface area contributed by atoms with Gasteiger partial charge in [0.2, 0.25) is 5.91 Å². The van der Waals surface area contributed by atoms with Crippen LogP contribution < -0.4 is 0 Å². The van der Waals surface area contributed by atoms with Crippen LogP contribution in [-0.4, -0.2) is 75.9 Å². The Morgan fingerprint density at radius 2 is 2.04 bits per heavy atom. The highest BCUT2D eigenvalue weighted by atomic mass is 16.5. The zero-order valence-corrected chi connectivity index (χ0v) is 14.5. The third-order valence-electron chi connectivity index (χ3n) is 5.54. The third kappa shape index (κ3) is 3.19. The molecule has 1 amide bonds. The van der Waals surface area contributed by atoms with E-state index < -0.39 is 0 Å². The molecule has 0 radical (unpaired) electrons. The van der Waals surface area contributed by atoms with Crippen LogP contribution in [0.3, 0.4) is 0 Å². The number of carbonyl (C=O) groups excluding carboxylic acids is 1. The molecule has 0 N–H and O–H groups in total. The molecule has 2 saturated heterocycles. The van der Waals surface area contributed by atoms with E-state index in [9.17, 15) is 4.79 Å². The topological polar surface area (TPSA) is 63.5 Å². The number of morpholine rings is 1. The number of hydrogen-bond acceptors (Lipinski definition) is 5. The van der Waals surface area contributed by atoms with Crippen LogP contribution >= 0.6 is 0 Å². The van der Waals surface area contributed by atoms with E-state index in [4.69, 9.17) is 4.74 Å². The van der Waals surface area contributed by atoms with Crippen molar-refractivity contribution >= 4 is 5.91 Å². The van der Waals surface area contributed by atoms with E-state index in [-0.39, 0.29) is 12.0 Å². The van der Waals surface area contributed by atoms with Crippen molar-refractivity contribution in [3.05, 3.63) is 11.6 Å². The van der Waals surface area contributed by atoms with Gasteiger partial charge in [0.05, 0.1) is 19.3 Å². The van der Waals surface area contributed by atoms with Crippen molar-refractivity contribution in [2.24, 2.45) is 0 Å². The van der Waals surface area contributed by atoms with Crippen LogP contribution in [0.25, 0.3) is 0 Å². The Morgan fingerprint density at radius 1 is 1.21 bits per heavy atom. The maximum absolute atomic E-state index is 12.5. The summed E-state index contributed by atoms with van der Waals surface area (Å²) in [6.45, 7) is 7.70. The summed E-state index contributed by atoms with van der Waals surface area (Å²) in [4.78, 5) is 16.7. The molecular formula is C17H27N5O2. The van der Waals surface area contributed by atoms with Gasteiger partial charge in [-0.1, -0.05) is 0 Å². The van der Waals surface area contributed by atoms with Crippen molar-refractivity contribution < 1.29 is 9.53 Å². The number of fused-ring (bicyclic) bond motifs is 1. The molecule has 1 aromatic rings. The summed E-state index contributed by atoms with van der Waals surface area (Å²) in [6, 6.07) is 0. The molecule has 7 nitrogen and oxygen atoms in total. The van der Waals surface area contributed by atoms with Gasteiger partial charge in [0.15, 0.2) is 0 Å². The van der Waals surface area contributed by atoms with Crippen LogP contribution in [0.15, 0.2) is 0 Å². The fourth-order valence-electron chi connectivity index (χ4n) is 4.16. The molecular weight excluding hydrogens is 306 g/mol. The van der Waals surface area contributed by atoms with Crippen molar-refractivity contribution in [3.63, 3.8) is 0 Å². The Labute approximate surface area is 143 Å². The predicted molar refractivity (Wildman–Crippen MR) is 88.8 cm³/mol. The number of likely N-dealkylation sites (tertiary alicyclic amines) is 1. The third-order valence-corrected chi connectivity index (χ3v) is 5.54. The van der Waals surface area contributed by atoms with Gasteiger partial charge in [0.25, 0.3) is 0 Å². The summed E-state index contributed by atoms with van der Waals surface area (Å²) in [7, 11) is 0. The fraction of sp³-hybridized carbons (Fsp3) is 0.824. The van der Waals surface area contributed by atoms with Crippen LogP contribution in [0.1, 0.15) is 43.8 Å². The Bertz CT molecular complexity index is 594. The molecule has 24 heavy (non-hydrogen) atoms.